The summed E-state index contributed by atoms with van der Waals surface area (Å²) in [5, 5.41) is 15.8. The molecule has 2 aromatic rings. The zero-order valence-corrected chi connectivity index (χ0v) is 11.4. The SMILES string of the molecule is CCNCc1ccccc1NC(=O)c1ccccc1O. The molecule has 0 unspecified atom stereocenters. The van der Waals surface area contributed by atoms with Crippen molar-refractivity contribution in [2.45, 2.75) is 13.5 Å². The highest BCUT2D eigenvalue weighted by Gasteiger charge is 2.11. The second-order valence-electron chi connectivity index (χ2n) is 4.41. The number of amides is 1. The van der Waals surface area contributed by atoms with Gasteiger partial charge in [0.1, 0.15) is 5.75 Å². The summed E-state index contributed by atoms with van der Waals surface area (Å²) >= 11 is 0. The molecule has 0 bridgehead atoms. The minimum Gasteiger partial charge on any atom is -0.507 e. The van der Waals surface area contributed by atoms with Crippen molar-refractivity contribution in [1.29, 1.82) is 0 Å². The molecule has 2 rings (SSSR count). The Hall–Kier alpha value is -2.33. The molecule has 2 aromatic carbocycles. The third-order valence-electron chi connectivity index (χ3n) is 2.98. The van der Waals surface area contributed by atoms with Crippen molar-refractivity contribution in [3.05, 3.63) is 59.7 Å². The summed E-state index contributed by atoms with van der Waals surface area (Å²) in [6.07, 6.45) is 0. The van der Waals surface area contributed by atoms with Gasteiger partial charge in [0.25, 0.3) is 5.91 Å². The zero-order valence-electron chi connectivity index (χ0n) is 11.4. The number of carbonyl (C=O) groups is 1. The van der Waals surface area contributed by atoms with E-state index in [9.17, 15) is 9.90 Å². The molecular weight excluding hydrogens is 252 g/mol. The quantitative estimate of drug-likeness (QED) is 0.783. The van der Waals surface area contributed by atoms with Gasteiger partial charge in [0.15, 0.2) is 0 Å². The van der Waals surface area contributed by atoms with Gasteiger partial charge in [0.2, 0.25) is 0 Å². The fourth-order valence-corrected chi connectivity index (χ4v) is 1.91. The van der Waals surface area contributed by atoms with E-state index in [1.165, 1.54) is 6.07 Å². The van der Waals surface area contributed by atoms with Crippen LogP contribution in [0.4, 0.5) is 5.69 Å². The number of phenolic OH excluding ortho intramolecular Hbond substituents is 1. The van der Waals surface area contributed by atoms with E-state index in [-0.39, 0.29) is 17.2 Å². The number of phenols is 1. The van der Waals surface area contributed by atoms with Crippen molar-refractivity contribution in [3.8, 4) is 5.75 Å². The monoisotopic (exact) mass is 270 g/mol. The highest BCUT2D eigenvalue weighted by Crippen LogP contribution is 2.20. The molecule has 104 valence electrons. The van der Waals surface area contributed by atoms with Crippen molar-refractivity contribution in [3.63, 3.8) is 0 Å². The van der Waals surface area contributed by atoms with Crippen LogP contribution in [0.25, 0.3) is 0 Å². The van der Waals surface area contributed by atoms with E-state index in [0.29, 0.717) is 6.54 Å². The number of hydrogen-bond donors (Lipinski definition) is 3. The van der Waals surface area contributed by atoms with Gasteiger partial charge in [-0.2, -0.15) is 0 Å². The molecule has 0 aliphatic heterocycles. The molecule has 4 heteroatoms. The van der Waals surface area contributed by atoms with Crippen LogP contribution in [0.1, 0.15) is 22.8 Å². The first kappa shape index (κ1) is 14.1. The molecule has 0 radical (unpaired) electrons. The van der Waals surface area contributed by atoms with Crippen molar-refractivity contribution in [2.75, 3.05) is 11.9 Å². The Kier molecular flexibility index (Phi) is 4.74. The van der Waals surface area contributed by atoms with Gasteiger partial charge in [-0.05, 0) is 30.3 Å². The fraction of sp³-hybridized carbons (Fsp3) is 0.188. The number of aromatic hydroxyl groups is 1. The number of rotatable bonds is 5. The van der Waals surface area contributed by atoms with E-state index in [0.717, 1.165) is 17.8 Å². The summed E-state index contributed by atoms with van der Waals surface area (Å²) in [5.74, 6) is -0.332. The van der Waals surface area contributed by atoms with Crippen LogP contribution in [-0.4, -0.2) is 17.6 Å². The molecule has 0 saturated carbocycles. The number of para-hydroxylation sites is 2. The third-order valence-corrected chi connectivity index (χ3v) is 2.98. The third kappa shape index (κ3) is 3.36. The van der Waals surface area contributed by atoms with Crippen LogP contribution < -0.4 is 10.6 Å². The number of nitrogens with one attached hydrogen (secondary N) is 2. The van der Waals surface area contributed by atoms with Gasteiger partial charge in [0, 0.05) is 12.2 Å². The average Bonchev–Trinajstić information content (AvgIpc) is 2.46. The molecule has 0 saturated heterocycles. The molecule has 0 aliphatic rings. The van der Waals surface area contributed by atoms with Crippen LogP contribution >= 0.6 is 0 Å². The standard InChI is InChI=1S/C16H18N2O2/c1-2-17-11-12-7-3-5-9-14(12)18-16(20)13-8-4-6-10-15(13)19/h3-10,17,19H,2,11H2,1H3,(H,18,20). The first-order valence-electron chi connectivity index (χ1n) is 6.60. The molecule has 0 aliphatic carbocycles. The maximum atomic E-state index is 12.2. The van der Waals surface area contributed by atoms with Crippen LogP contribution in [0.2, 0.25) is 0 Å². The predicted octanol–water partition coefficient (Wildman–Crippen LogP) is 2.75. The van der Waals surface area contributed by atoms with Gasteiger partial charge >= 0.3 is 0 Å². The van der Waals surface area contributed by atoms with Crippen LogP contribution in [0.15, 0.2) is 48.5 Å². The minimum atomic E-state index is -0.313. The molecule has 0 fully saturated rings. The molecule has 0 aromatic heterocycles. The van der Waals surface area contributed by atoms with E-state index in [2.05, 4.69) is 10.6 Å². The van der Waals surface area contributed by atoms with Crippen LogP contribution in [0.3, 0.4) is 0 Å². The van der Waals surface area contributed by atoms with Crippen LogP contribution in [0.5, 0.6) is 5.75 Å². The van der Waals surface area contributed by atoms with E-state index in [1.807, 2.05) is 31.2 Å². The highest BCUT2D eigenvalue weighted by atomic mass is 16.3. The lowest BCUT2D eigenvalue weighted by Crippen LogP contribution is -2.17. The Morgan fingerprint density at radius 1 is 1.10 bits per heavy atom. The largest absolute Gasteiger partial charge is 0.507 e. The summed E-state index contributed by atoms with van der Waals surface area (Å²) in [4.78, 5) is 12.2. The number of hydrogen-bond acceptors (Lipinski definition) is 3. The second-order valence-corrected chi connectivity index (χ2v) is 4.41. The Labute approximate surface area is 118 Å². The van der Waals surface area contributed by atoms with Crippen LogP contribution in [-0.2, 0) is 6.54 Å². The predicted molar refractivity (Wildman–Crippen MR) is 79.9 cm³/mol. The van der Waals surface area contributed by atoms with Crippen molar-refractivity contribution < 1.29 is 9.90 Å². The minimum absolute atomic E-state index is 0.0193. The van der Waals surface area contributed by atoms with Gasteiger partial charge in [-0.1, -0.05) is 37.3 Å². The zero-order chi connectivity index (χ0) is 14.4. The van der Waals surface area contributed by atoms with Crippen LogP contribution in [0, 0.1) is 0 Å². The lowest BCUT2D eigenvalue weighted by atomic mass is 10.1. The van der Waals surface area contributed by atoms with E-state index in [1.54, 1.807) is 18.2 Å². The first-order chi connectivity index (χ1) is 9.72. The Balaban J connectivity index is 2.18. The molecule has 4 nitrogen and oxygen atoms in total. The number of anilines is 1. The van der Waals surface area contributed by atoms with Crippen molar-refractivity contribution in [2.24, 2.45) is 0 Å². The average molecular weight is 270 g/mol. The molecule has 0 heterocycles. The second kappa shape index (κ2) is 6.73. The molecule has 1 amide bonds. The van der Waals surface area contributed by atoms with Gasteiger partial charge in [-0.3, -0.25) is 4.79 Å². The smallest absolute Gasteiger partial charge is 0.259 e. The normalized spacial score (nSPS) is 10.2. The maximum Gasteiger partial charge on any atom is 0.259 e. The Morgan fingerprint density at radius 3 is 2.55 bits per heavy atom. The van der Waals surface area contributed by atoms with E-state index in [4.69, 9.17) is 0 Å². The van der Waals surface area contributed by atoms with Gasteiger partial charge in [0.05, 0.1) is 5.56 Å². The summed E-state index contributed by atoms with van der Waals surface area (Å²) in [5.41, 5.74) is 2.03. The summed E-state index contributed by atoms with van der Waals surface area (Å²) in [7, 11) is 0. The topological polar surface area (TPSA) is 61.4 Å². The summed E-state index contributed by atoms with van der Waals surface area (Å²) in [6, 6.07) is 14.1. The van der Waals surface area contributed by atoms with Crippen molar-refractivity contribution >= 4 is 11.6 Å². The maximum absolute atomic E-state index is 12.2. The molecule has 3 N–H and O–H groups in total. The summed E-state index contributed by atoms with van der Waals surface area (Å²) < 4.78 is 0. The number of carbonyl (C=O) groups excluding carboxylic acids is 1. The van der Waals surface area contributed by atoms with Gasteiger partial charge in [-0.25, -0.2) is 0 Å². The van der Waals surface area contributed by atoms with Gasteiger partial charge < -0.3 is 15.7 Å². The van der Waals surface area contributed by atoms with Gasteiger partial charge in [-0.15, -0.1) is 0 Å². The first-order valence-corrected chi connectivity index (χ1v) is 6.60. The molecule has 20 heavy (non-hydrogen) atoms. The summed E-state index contributed by atoms with van der Waals surface area (Å²) in [6.45, 7) is 3.58. The Bertz CT molecular complexity index is 597. The molecule has 0 spiro atoms. The van der Waals surface area contributed by atoms with E-state index < -0.39 is 0 Å². The highest BCUT2D eigenvalue weighted by molar-refractivity contribution is 6.06. The fourth-order valence-electron chi connectivity index (χ4n) is 1.91. The Morgan fingerprint density at radius 2 is 1.80 bits per heavy atom. The van der Waals surface area contributed by atoms with E-state index >= 15 is 0 Å². The molecular formula is C16H18N2O2. The molecule has 0 atom stereocenters. The lowest BCUT2D eigenvalue weighted by molar-refractivity contribution is 0.102. The lowest BCUT2D eigenvalue weighted by Gasteiger charge is -2.12. The number of benzene rings is 2. The van der Waals surface area contributed by atoms with Crippen molar-refractivity contribution in [1.82, 2.24) is 5.32 Å².